The number of amides is 1. The summed E-state index contributed by atoms with van der Waals surface area (Å²) in [4.78, 5) is 11.8. The fourth-order valence-electron chi connectivity index (χ4n) is 2.26. The van der Waals surface area contributed by atoms with Crippen LogP contribution in [-0.4, -0.2) is 33.9 Å². The lowest BCUT2D eigenvalue weighted by Gasteiger charge is -2.25. The molecule has 1 aromatic rings. The Morgan fingerprint density at radius 2 is 2.00 bits per heavy atom. The lowest BCUT2D eigenvalue weighted by Crippen LogP contribution is -2.41. The van der Waals surface area contributed by atoms with Gasteiger partial charge in [-0.15, -0.1) is 0 Å². The van der Waals surface area contributed by atoms with Crippen LogP contribution < -0.4 is 19.0 Å². The Labute approximate surface area is 141 Å². The van der Waals surface area contributed by atoms with Gasteiger partial charge in [0, 0.05) is 18.7 Å². The van der Waals surface area contributed by atoms with Gasteiger partial charge < -0.3 is 19.0 Å². The summed E-state index contributed by atoms with van der Waals surface area (Å²) in [5.41, 5.74) is 0.0144. The van der Waals surface area contributed by atoms with Gasteiger partial charge in [0.25, 0.3) is 6.29 Å². The first-order valence-corrected chi connectivity index (χ1v) is 8.87. The van der Waals surface area contributed by atoms with E-state index in [0.717, 1.165) is 0 Å². The van der Waals surface area contributed by atoms with Crippen molar-refractivity contribution in [2.24, 2.45) is 0 Å². The Morgan fingerprint density at radius 3 is 2.58 bits per heavy atom. The second-order valence-electron chi connectivity index (χ2n) is 6.28. The third kappa shape index (κ3) is 3.90. The third-order valence-electron chi connectivity index (χ3n) is 3.55. The van der Waals surface area contributed by atoms with Crippen LogP contribution in [0.4, 0.5) is 4.79 Å². The van der Waals surface area contributed by atoms with E-state index in [4.69, 9.17) is 13.7 Å². The summed E-state index contributed by atoms with van der Waals surface area (Å²) >= 11 is 0. The monoisotopic (exact) mass is 358 g/mol. The zero-order valence-corrected chi connectivity index (χ0v) is 15.1. The van der Waals surface area contributed by atoms with Gasteiger partial charge in [0.1, 0.15) is 11.5 Å². The van der Waals surface area contributed by atoms with Gasteiger partial charge in [0.15, 0.2) is 0 Å². The van der Waals surface area contributed by atoms with Gasteiger partial charge in [-0.25, -0.2) is 4.79 Å². The Bertz CT molecular complexity index is 729. The average Bonchev–Trinajstić information content (AvgIpc) is 2.69. The quantitative estimate of drug-likeness (QED) is 0.830. The van der Waals surface area contributed by atoms with Crippen molar-refractivity contribution in [1.29, 1.82) is 0 Å². The molecule has 0 spiro atoms. The van der Waals surface area contributed by atoms with Gasteiger partial charge in [-0.1, -0.05) is 0 Å². The summed E-state index contributed by atoms with van der Waals surface area (Å²) in [6, 6.07) is 4.56. The van der Waals surface area contributed by atoms with Crippen LogP contribution >= 0.6 is 0 Å². The molecule has 0 saturated carbocycles. The normalized spacial score (nSPS) is 18.7. The van der Waals surface area contributed by atoms with E-state index in [-0.39, 0.29) is 11.8 Å². The first kappa shape index (κ1) is 18.3. The average molecular weight is 358 g/mol. The molecule has 24 heavy (non-hydrogen) atoms. The van der Waals surface area contributed by atoms with E-state index in [1.807, 2.05) is 27.7 Å². The molecule has 0 fully saturated rings. The maximum absolute atomic E-state index is 11.8. The summed E-state index contributed by atoms with van der Waals surface area (Å²) in [6.07, 6.45) is -1.41. The van der Waals surface area contributed by atoms with Crippen molar-refractivity contribution in [3.05, 3.63) is 23.8 Å². The zero-order valence-electron chi connectivity index (χ0n) is 14.2. The van der Waals surface area contributed by atoms with Crippen molar-refractivity contribution in [2.75, 3.05) is 7.05 Å². The summed E-state index contributed by atoms with van der Waals surface area (Å²) < 4.78 is 41.0. The highest BCUT2D eigenvalue weighted by Crippen LogP contribution is 2.44. The lowest BCUT2D eigenvalue weighted by molar-refractivity contribution is -0.0569. The van der Waals surface area contributed by atoms with Gasteiger partial charge in [0.2, 0.25) is 0 Å². The standard InChI is InChI=1S/C15H22N2O6S/c1-9(2)17-14(18)22-13-15(3,4)11-8-10(6-7-12(11)21-13)23-24(19,20)16-5/h6-9,13,16H,1-5H3,(H,17,18). The van der Waals surface area contributed by atoms with Crippen LogP contribution in [0.5, 0.6) is 11.5 Å². The number of hydrogen-bond donors (Lipinski definition) is 2. The molecule has 0 saturated heterocycles. The minimum atomic E-state index is -3.86. The molecular weight excluding hydrogens is 336 g/mol. The zero-order chi connectivity index (χ0) is 18.1. The Balaban J connectivity index is 2.21. The lowest BCUT2D eigenvalue weighted by atomic mass is 9.85. The minimum Gasteiger partial charge on any atom is -0.453 e. The number of carbonyl (C=O) groups excluding carboxylic acids is 1. The van der Waals surface area contributed by atoms with Gasteiger partial charge >= 0.3 is 16.4 Å². The number of hydrogen-bond acceptors (Lipinski definition) is 6. The van der Waals surface area contributed by atoms with Gasteiger partial charge in [-0.2, -0.15) is 13.1 Å². The molecule has 1 amide bonds. The van der Waals surface area contributed by atoms with Crippen molar-refractivity contribution in [3.63, 3.8) is 0 Å². The van der Waals surface area contributed by atoms with Crippen molar-refractivity contribution < 1.29 is 26.9 Å². The number of ether oxygens (including phenoxy) is 2. The summed E-state index contributed by atoms with van der Waals surface area (Å²) in [7, 11) is -2.60. The van der Waals surface area contributed by atoms with Crippen molar-refractivity contribution in [2.45, 2.75) is 45.4 Å². The molecule has 1 atom stereocenters. The van der Waals surface area contributed by atoms with Gasteiger partial charge in [-0.3, -0.25) is 0 Å². The van der Waals surface area contributed by atoms with Crippen LogP contribution in [-0.2, 0) is 20.5 Å². The molecule has 1 aliphatic heterocycles. The SMILES string of the molecule is CNS(=O)(=O)Oc1ccc2c(c1)C(C)(C)C(OC(=O)NC(C)C)O2. The fourth-order valence-corrected chi connectivity index (χ4v) is 2.70. The highest BCUT2D eigenvalue weighted by Gasteiger charge is 2.45. The molecular formula is C15H22N2O6S. The predicted molar refractivity (Wildman–Crippen MR) is 87.2 cm³/mol. The summed E-state index contributed by atoms with van der Waals surface area (Å²) in [6.45, 7) is 7.32. The smallest absolute Gasteiger partial charge is 0.410 e. The summed E-state index contributed by atoms with van der Waals surface area (Å²) in [5, 5.41) is 2.63. The molecule has 2 N–H and O–H groups in total. The molecule has 1 aromatic carbocycles. The topological polar surface area (TPSA) is 103 Å². The Kier molecular flexibility index (Phi) is 4.95. The van der Waals surface area contributed by atoms with Crippen LogP contribution in [0.3, 0.4) is 0 Å². The van der Waals surface area contributed by atoms with E-state index in [0.29, 0.717) is 11.3 Å². The molecule has 2 rings (SSSR count). The first-order valence-electron chi connectivity index (χ1n) is 7.46. The molecule has 0 aromatic heterocycles. The highest BCUT2D eigenvalue weighted by molar-refractivity contribution is 7.85. The summed E-state index contributed by atoms with van der Waals surface area (Å²) in [5.74, 6) is 0.656. The molecule has 8 nitrogen and oxygen atoms in total. The van der Waals surface area contributed by atoms with E-state index in [1.165, 1.54) is 13.1 Å². The Hall–Kier alpha value is -2.00. The van der Waals surface area contributed by atoms with Crippen LogP contribution in [0, 0.1) is 0 Å². The van der Waals surface area contributed by atoms with Crippen LogP contribution in [0.1, 0.15) is 33.3 Å². The minimum absolute atomic E-state index is 0.0591. The van der Waals surface area contributed by atoms with Crippen molar-refractivity contribution in [1.82, 2.24) is 10.0 Å². The van der Waals surface area contributed by atoms with Crippen molar-refractivity contribution >= 4 is 16.4 Å². The Morgan fingerprint density at radius 1 is 1.33 bits per heavy atom. The fraction of sp³-hybridized carbons (Fsp3) is 0.533. The molecule has 134 valence electrons. The van der Waals surface area contributed by atoms with Gasteiger partial charge in [0.05, 0.1) is 5.41 Å². The molecule has 0 radical (unpaired) electrons. The second kappa shape index (κ2) is 6.48. The largest absolute Gasteiger partial charge is 0.453 e. The first-order chi connectivity index (χ1) is 11.0. The number of alkyl carbamates (subject to hydrolysis) is 1. The second-order valence-corrected chi connectivity index (χ2v) is 7.76. The van der Waals surface area contributed by atoms with E-state index in [2.05, 4.69) is 10.0 Å². The van der Waals surface area contributed by atoms with E-state index in [9.17, 15) is 13.2 Å². The molecule has 0 bridgehead atoms. The van der Waals surface area contributed by atoms with Crippen molar-refractivity contribution in [3.8, 4) is 11.5 Å². The molecule has 1 aliphatic rings. The molecule has 1 heterocycles. The predicted octanol–water partition coefficient (Wildman–Crippen LogP) is 1.66. The van der Waals surface area contributed by atoms with Crippen LogP contribution in [0.15, 0.2) is 18.2 Å². The van der Waals surface area contributed by atoms with Gasteiger partial charge in [-0.05, 0) is 45.9 Å². The number of carbonyl (C=O) groups is 1. The number of rotatable bonds is 5. The van der Waals surface area contributed by atoms with Crippen LogP contribution in [0.25, 0.3) is 0 Å². The number of nitrogens with one attached hydrogen (secondary N) is 2. The molecule has 0 aliphatic carbocycles. The highest BCUT2D eigenvalue weighted by atomic mass is 32.2. The number of benzene rings is 1. The maximum Gasteiger partial charge on any atom is 0.410 e. The van der Waals surface area contributed by atoms with E-state index < -0.39 is 28.1 Å². The maximum atomic E-state index is 11.8. The molecule has 1 unspecified atom stereocenters. The van der Waals surface area contributed by atoms with E-state index in [1.54, 1.807) is 12.1 Å². The van der Waals surface area contributed by atoms with E-state index >= 15 is 0 Å². The number of fused-ring (bicyclic) bond motifs is 1. The van der Waals surface area contributed by atoms with Crippen LogP contribution in [0.2, 0.25) is 0 Å². The molecule has 9 heteroatoms. The third-order valence-corrected chi connectivity index (χ3v) is 4.46.